The van der Waals surface area contributed by atoms with Gasteiger partial charge in [-0.05, 0) is 43.3 Å². The summed E-state index contributed by atoms with van der Waals surface area (Å²) in [6.07, 6.45) is 0. The Morgan fingerprint density at radius 2 is 1.78 bits per heavy atom. The molecule has 7 nitrogen and oxygen atoms in total. The molecule has 0 saturated carbocycles. The molecular weight excluding hydrogens is 342 g/mol. The van der Waals surface area contributed by atoms with Gasteiger partial charge in [0.1, 0.15) is 16.6 Å². The van der Waals surface area contributed by atoms with Crippen LogP contribution < -0.4 is 5.63 Å². The SMILES string of the molecule is Cc1nn(-c2ccc(C#N)cc2)c2nc3c(nc12)c(=O)oc1ccccc13. The van der Waals surface area contributed by atoms with Gasteiger partial charge in [-0.15, -0.1) is 0 Å². The number of rotatable bonds is 1. The summed E-state index contributed by atoms with van der Waals surface area (Å²) in [5, 5.41) is 14.2. The number of aromatic nitrogens is 4. The first kappa shape index (κ1) is 15.2. The van der Waals surface area contributed by atoms with E-state index in [4.69, 9.17) is 14.7 Å². The van der Waals surface area contributed by atoms with Gasteiger partial charge in [0, 0.05) is 5.39 Å². The molecule has 5 rings (SSSR count). The molecule has 0 aliphatic heterocycles. The third-order valence-corrected chi connectivity index (χ3v) is 4.45. The lowest BCUT2D eigenvalue weighted by molar-refractivity contribution is 0.568. The van der Waals surface area contributed by atoms with Gasteiger partial charge in [0.2, 0.25) is 0 Å². The van der Waals surface area contributed by atoms with Crippen LogP contribution in [-0.4, -0.2) is 19.7 Å². The van der Waals surface area contributed by atoms with E-state index >= 15 is 0 Å². The number of fused-ring (bicyclic) bond motifs is 4. The van der Waals surface area contributed by atoms with Gasteiger partial charge in [-0.2, -0.15) is 10.4 Å². The molecule has 3 aromatic heterocycles. The van der Waals surface area contributed by atoms with Crippen molar-refractivity contribution < 1.29 is 4.42 Å². The van der Waals surface area contributed by atoms with E-state index in [0.717, 1.165) is 5.69 Å². The Hall–Kier alpha value is -4.05. The smallest absolute Gasteiger partial charge is 0.364 e. The van der Waals surface area contributed by atoms with Gasteiger partial charge < -0.3 is 4.42 Å². The lowest BCUT2D eigenvalue weighted by Gasteiger charge is -2.04. The summed E-state index contributed by atoms with van der Waals surface area (Å²) in [6.45, 7) is 1.81. The highest BCUT2D eigenvalue weighted by molar-refractivity contribution is 6.02. The van der Waals surface area contributed by atoms with E-state index in [1.165, 1.54) is 0 Å². The van der Waals surface area contributed by atoms with Crippen molar-refractivity contribution >= 4 is 33.2 Å². The number of hydrogen-bond acceptors (Lipinski definition) is 6. The molecule has 0 radical (unpaired) electrons. The van der Waals surface area contributed by atoms with E-state index in [1.54, 1.807) is 41.1 Å². The summed E-state index contributed by atoms with van der Waals surface area (Å²) in [7, 11) is 0. The molecule has 0 unspecified atom stereocenters. The Morgan fingerprint density at radius 1 is 1.00 bits per heavy atom. The summed E-state index contributed by atoms with van der Waals surface area (Å²) >= 11 is 0. The van der Waals surface area contributed by atoms with Crippen LogP contribution in [0.4, 0.5) is 0 Å². The average molecular weight is 353 g/mol. The van der Waals surface area contributed by atoms with Gasteiger partial charge in [-0.25, -0.2) is 19.4 Å². The quantitative estimate of drug-likeness (QED) is 0.339. The second-order valence-electron chi connectivity index (χ2n) is 6.13. The van der Waals surface area contributed by atoms with Gasteiger partial charge in [-0.3, -0.25) is 0 Å². The Kier molecular flexibility index (Phi) is 3.09. The standard InChI is InChI=1S/C20H11N5O2/c1-11-16-19(25(24-11)13-8-6-12(10-21)7-9-13)23-17-14-4-2-3-5-15(14)27-20(26)18(17)22-16/h2-9H,1H3. The number of nitrogens with zero attached hydrogens (tertiary/aromatic N) is 5. The molecule has 5 aromatic rings. The van der Waals surface area contributed by atoms with Gasteiger partial charge in [0.05, 0.1) is 23.0 Å². The Balaban J connectivity index is 1.90. The van der Waals surface area contributed by atoms with E-state index in [1.807, 2.05) is 19.1 Å². The summed E-state index contributed by atoms with van der Waals surface area (Å²) < 4.78 is 7.03. The molecule has 0 spiro atoms. The highest BCUT2D eigenvalue weighted by Gasteiger charge is 2.17. The highest BCUT2D eigenvalue weighted by atomic mass is 16.4. The zero-order chi connectivity index (χ0) is 18.5. The van der Waals surface area contributed by atoms with Gasteiger partial charge in [0.25, 0.3) is 0 Å². The molecular formula is C20H11N5O2. The number of nitriles is 1. The molecule has 0 aliphatic carbocycles. The van der Waals surface area contributed by atoms with Crippen LogP contribution >= 0.6 is 0 Å². The van der Waals surface area contributed by atoms with Crippen molar-refractivity contribution in [1.29, 1.82) is 5.26 Å². The fraction of sp³-hybridized carbons (Fsp3) is 0.0500. The molecule has 128 valence electrons. The molecule has 3 heterocycles. The predicted molar refractivity (Wildman–Crippen MR) is 99.7 cm³/mol. The van der Waals surface area contributed by atoms with Crippen molar-refractivity contribution in [2.24, 2.45) is 0 Å². The first-order chi connectivity index (χ1) is 13.2. The monoisotopic (exact) mass is 353 g/mol. The fourth-order valence-electron chi connectivity index (χ4n) is 3.15. The largest absolute Gasteiger partial charge is 0.421 e. The minimum Gasteiger partial charge on any atom is -0.421 e. The minimum atomic E-state index is -0.524. The minimum absolute atomic E-state index is 0.184. The number of para-hydroxylation sites is 1. The number of hydrogen-bond donors (Lipinski definition) is 0. The lowest BCUT2D eigenvalue weighted by Crippen LogP contribution is -2.05. The molecule has 0 N–H and O–H groups in total. The predicted octanol–water partition coefficient (Wildman–Crippen LogP) is 3.26. The first-order valence-electron chi connectivity index (χ1n) is 8.25. The van der Waals surface area contributed by atoms with Crippen LogP contribution in [0.15, 0.2) is 57.7 Å². The van der Waals surface area contributed by atoms with Crippen LogP contribution in [0.1, 0.15) is 11.3 Å². The summed E-state index contributed by atoms with van der Waals surface area (Å²) in [5.74, 6) is 0. The maximum absolute atomic E-state index is 12.4. The van der Waals surface area contributed by atoms with E-state index in [9.17, 15) is 4.79 Å². The zero-order valence-corrected chi connectivity index (χ0v) is 14.2. The van der Waals surface area contributed by atoms with Crippen molar-refractivity contribution in [2.45, 2.75) is 6.92 Å². The first-order valence-corrected chi connectivity index (χ1v) is 8.25. The number of benzene rings is 2. The second-order valence-corrected chi connectivity index (χ2v) is 6.13. The lowest BCUT2D eigenvalue weighted by atomic mass is 10.2. The maximum atomic E-state index is 12.4. The van der Waals surface area contributed by atoms with Crippen LogP contribution in [0.25, 0.3) is 38.9 Å². The van der Waals surface area contributed by atoms with E-state index < -0.39 is 5.63 Å². The molecule has 0 bridgehead atoms. The Morgan fingerprint density at radius 3 is 2.56 bits per heavy atom. The normalized spacial score (nSPS) is 11.3. The zero-order valence-electron chi connectivity index (χ0n) is 14.2. The van der Waals surface area contributed by atoms with E-state index in [0.29, 0.717) is 38.9 Å². The summed E-state index contributed by atoms with van der Waals surface area (Å²) in [5.41, 5.74) is 3.65. The topological polar surface area (TPSA) is 97.6 Å². The van der Waals surface area contributed by atoms with Gasteiger partial charge >= 0.3 is 5.63 Å². The van der Waals surface area contributed by atoms with Gasteiger partial charge in [0.15, 0.2) is 11.2 Å². The van der Waals surface area contributed by atoms with Crippen molar-refractivity contribution in [3.8, 4) is 11.8 Å². The molecule has 0 amide bonds. The molecule has 27 heavy (non-hydrogen) atoms. The molecule has 7 heteroatoms. The Bertz CT molecular complexity index is 1460. The fourth-order valence-corrected chi connectivity index (χ4v) is 3.15. The van der Waals surface area contributed by atoms with Crippen molar-refractivity contribution in [3.05, 3.63) is 70.2 Å². The van der Waals surface area contributed by atoms with Crippen molar-refractivity contribution in [2.75, 3.05) is 0 Å². The molecule has 0 aliphatic rings. The van der Waals surface area contributed by atoms with Crippen LogP contribution in [0.3, 0.4) is 0 Å². The molecule has 0 atom stereocenters. The average Bonchev–Trinajstić information content (AvgIpc) is 3.03. The summed E-state index contributed by atoms with van der Waals surface area (Å²) in [4.78, 5) is 21.6. The van der Waals surface area contributed by atoms with E-state index in [-0.39, 0.29) is 5.52 Å². The molecule has 0 saturated heterocycles. The molecule has 2 aromatic carbocycles. The van der Waals surface area contributed by atoms with E-state index in [2.05, 4.69) is 16.2 Å². The van der Waals surface area contributed by atoms with Gasteiger partial charge in [-0.1, -0.05) is 12.1 Å². The van der Waals surface area contributed by atoms with Crippen LogP contribution in [-0.2, 0) is 0 Å². The third-order valence-electron chi connectivity index (χ3n) is 4.45. The molecule has 0 fully saturated rings. The highest BCUT2D eigenvalue weighted by Crippen LogP contribution is 2.25. The Labute approximate surface area is 152 Å². The van der Waals surface area contributed by atoms with Crippen molar-refractivity contribution in [3.63, 3.8) is 0 Å². The van der Waals surface area contributed by atoms with Crippen LogP contribution in [0, 0.1) is 18.3 Å². The maximum Gasteiger partial charge on any atom is 0.364 e. The second kappa shape index (κ2) is 5.47. The number of aryl methyl sites for hydroxylation is 1. The van der Waals surface area contributed by atoms with Crippen molar-refractivity contribution in [1.82, 2.24) is 19.7 Å². The van der Waals surface area contributed by atoms with Crippen LogP contribution in [0.5, 0.6) is 0 Å². The summed E-state index contributed by atoms with van der Waals surface area (Å²) in [6, 6.07) is 16.4. The third kappa shape index (κ3) is 2.20. The van der Waals surface area contributed by atoms with Crippen LogP contribution in [0.2, 0.25) is 0 Å².